The highest BCUT2D eigenvalue weighted by Crippen LogP contribution is 2.35. The molecular weight excluding hydrogens is 362 g/mol. The number of oxime groups is 1. The van der Waals surface area contributed by atoms with Crippen LogP contribution in [0, 0.1) is 0 Å². The Kier molecular flexibility index (Phi) is 7.68. The topological polar surface area (TPSA) is 53.9 Å². The maximum absolute atomic E-state index is 12.3. The Balaban J connectivity index is 1.94. The molecule has 1 aliphatic rings. The lowest BCUT2D eigenvalue weighted by Crippen LogP contribution is -2.52. The predicted molar refractivity (Wildman–Crippen MR) is 111 cm³/mol. The average molecular weight is 394 g/mol. The van der Waals surface area contributed by atoms with Crippen LogP contribution in [0.4, 0.5) is 0 Å². The van der Waals surface area contributed by atoms with Crippen molar-refractivity contribution in [3.63, 3.8) is 0 Å². The minimum Gasteiger partial charge on any atom is -0.383 e. The van der Waals surface area contributed by atoms with E-state index in [9.17, 15) is 4.79 Å². The molecule has 1 aliphatic carbocycles. The van der Waals surface area contributed by atoms with Gasteiger partial charge in [-0.25, -0.2) is 0 Å². The predicted octanol–water partition coefficient (Wildman–Crippen LogP) is 4.04. The van der Waals surface area contributed by atoms with Crippen molar-refractivity contribution in [3.05, 3.63) is 34.9 Å². The molecule has 1 fully saturated rings. The third-order valence-corrected chi connectivity index (χ3v) is 5.63. The van der Waals surface area contributed by atoms with E-state index >= 15 is 0 Å². The first kappa shape index (κ1) is 21.7. The normalized spacial score (nSPS) is 23.6. The molecule has 1 aromatic rings. The molecule has 0 aromatic heterocycles. The molecule has 1 N–H and O–H groups in total. The molecule has 6 heteroatoms. The van der Waals surface area contributed by atoms with E-state index in [0.29, 0.717) is 0 Å². The van der Waals surface area contributed by atoms with E-state index in [1.165, 1.54) is 5.56 Å². The third-order valence-electron chi connectivity index (χ3n) is 5.40. The van der Waals surface area contributed by atoms with Crippen LogP contribution in [0.3, 0.4) is 0 Å². The van der Waals surface area contributed by atoms with Crippen LogP contribution < -0.4 is 5.32 Å². The minimum absolute atomic E-state index is 0.0949. The standard InChI is InChI=1S/C21H32ClN3O2/c1-15(2)24-27-16(3)20(26)23-19-9-11-21(12-10-19,25(4)5)14-17-7-6-8-18(22)13-17/h6-8,13,16,19H,9-12,14H2,1-5H3,(H,23,26). The third kappa shape index (κ3) is 6.22. The van der Waals surface area contributed by atoms with E-state index in [4.69, 9.17) is 16.4 Å². The highest BCUT2D eigenvalue weighted by molar-refractivity contribution is 6.30. The van der Waals surface area contributed by atoms with Crippen molar-refractivity contribution in [1.82, 2.24) is 10.2 Å². The van der Waals surface area contributed by atoms with E-state index in [-0.39, 0.29) is 17.5 Å². The van der Waals surface area contributed by atoms with Gasteiger partial charge in [-0.1, -0.05) is 28.9 Å². The van der Waals surface area contributed by atoms with Gasteiger partial charge < -0.3 is 15.1 Å². The molecule has 5 nitrogen and oxygen atoms in total. The van der Waals surface area contributed by atoms with Crippen molar-refractivity contribution in [1.29, 1.82) is 0 Å². The van der Waals surface area contributed by atoms with Crippen LogP contribution in [0.1, 0.15) is 52.0 Å². The molecule has 27 heavy (non-hydrogen) atoms. The molecule has 2 rings (SSSR count). The number of rotatable bonds is 7. The van der Waals surface area contributed by atoms with Crippen molar-refractivity contribution < 1.29 is 9.63 Å². The molecule has 1 saturated carbocycles. The van der Waals surface area contributed by atoms with Gasteiger partial charge in [-0.05, 0) is 84.7 Å². The quantitative estimate of drug-likeness (QED) is 0.561. The Morgan fingerprint density at radius 1 is 1.37 bits per heavy atom. The number of nitrogens with one attached hydrogen (secondary N) is 1. The van der Waals surface area contributed by atoms with Gasteiger partial charge in [-0.3, -0.25) is 4.79 Å². The van der Waals surface area contributed by atoms with Crippen molar-refractivity contribution in [2.75, 3.05) is 14.1 Å². The smallest absolute Gasteiger partial charge is 0.263 e. The number of benzene rings is 1. The fourth-order valence-electron chi connectivity index (χ4n) is 3.66. The van der Waals surface area contributed by atoms with Gasteiger partial charge >= 0.3 is 0 Å². The van der Waals surface area contributed by atoms with Gasteiger partial charge in [0.05, 0.1) is 5.71 Å². The highest BCUT2D eigenvalue weighted by atomic mass is 35.5. The SMILES string of the molecule is CC(C)=NOC(C)C(=O)NC1CCC(Cc2cccc(Cl)c2)(N(C)C)CC1. The van der Waals surface area contributed by atoms with Gasteiger partial charge in [0, 0.05) is 16.6 Å². The summed E-state index contributed by atoms with van der Waals surface area (Å²) in [5.74, 6) is -0.0998. The molecule has 1 unspecified atom stereocenters. The molecule has 0 radical (unpaired) electrons. The summed E-state index contributed by atoms with van der Waals surface area (Å²) in [5.41, 5.74) is 2.15. The van der Waals surface area contributed by atoms with Crippen LogP contribution in [-0.4, -0.2) is 48.3 Å². The maximum atomic E-state index is 12.3. The second kappa shape index (κ2) is 9.56. The number of carbonyl (C=O) groups excluding carboxylic acids is 1. The molecule has 0 aliphatic heterocycles. The fourth-order valence-corrected chi connectivity index (χ4v) is 3.87. The summed E-state index contributed by atoms with van der Waals surface area (Å²) in [4.78, 5) is 19.9. The van der Waals surface area contributed by atoms with E-state index in [2.05, 4.69) is 41.6 Å². The zero-order valence-corrected chi connectivity index (χ0v) is 17.8. The second-order valence-corrected chi connectivity index (χ2v) is 8.43. The number of halogens is 1. The number of likely N-dealkylation sites (N-methyl/N-ethyl adjacent to an activating group) is 1. The molecule has 1 amide bonds. The zero-order valence-electron chi connectivity index (χ0n) is 17.1. The first-order valence-electron chi connectivity index (χ1n) is 9.61. The van der Waals surface area contributed by atoms with Crippen molar-refractivity contribution >= 4 is 23.2 Å². The average Bonchev–Trinajstić information content (AvgIpc) is 2.61. The summed E-state index contributed by atoms with van der Waals surface area (Å²) in [5, 5.41) is 7.78. The number of hydrogen-bond donors (Lipinski definition) is 1. The number of carbonyl (C=O) groups is 1. The summed E-state index contributed by atoms with van der Waals surface area (Å²) in [6.45, 7) is 5.41. The molecule has 1 atom stereocenters. The largest absolute Gasteiger partial charge is 0.383 e. The number of nitrogens with zero attached hydrogens (tertiary/aromatic N) is 2. The van der Waals surface area contributed by atoms with Gasteiger partial charge in [-0.15, -0.1) is 0 Å². The first-order valence-corrected chi connectivity index (χ1v) is 9.99. The van der Waals surface area contributed by atoms with Crippen LogP contribution in [-0.2, 0) is 16.1 Å². The van der Waals surface area contributed by atoms with Gasteiger partial charge in [0.15, 0.2) is 0 Å². The summed E-state index contributed by atoms with van der Waals surface area (Å²) in [6.07, 6.45) is 4.34. The van der Waals surface area contributed by atoms with Crippen molar-refractivity contribution in [2.24, 2.45) is 5.16 Å². The lowest BCUT2D eigenvalue weighted by Gasteiger charge is -2.45. The van der Waals surface area contributed by atoms with Gasteiger partial charge in [0.1, 0.15) is 0 Å². The molecule has 150 valence electrons. The minimum atomic E-state index is -0.577. The first-order chi connectivity index (χ1) is 12.7. The van der Waals surface area contributed by atoms with Gasteiger partial charge in [0.2, 0.25) is 6.10 Å². The van der Waals surface area contributed by atoms with Crippen LogP contribution in [0.2, 0.25) is 5.02 Å². The number of amides is 1. The van der Waals surface area contributed by atoms with Crippen LogP contribution >= 0.6 is 11.6 Å². The Morgan fingerprint density at radius 3 is 2.59 bits per heavy atom. The maximum Gasteiger partial charge on any atom is 0.263 e. The fraction of sp³-hybridized carbons (Fsp3) is 0.619. The van der Waals surface area contributed by atoms with E-state index in [0.717, 1.165) is 42.8 Å². The Hall–Kier alpha value is -1.59. The van der Waals surface area contributed by atoms with E-state index in [1.807, 2.05) is 26.0 Å². The summed E-state index contributed by atoms with van der Waals surface area (Å²) >= 11 is 6.16. The van der Waals surface area contributed by atoms with Crippen LogP contribution in [0.15, 0.2) is 29.4 Å². The zero-order chi connectivity index (χ0) is 20.0. The highest BCUT2D eigenvalue weighted by Gasteiger charge is 2.38. The van der Waals surface area contributed by atoms with E-state index in [1.54, 1.807) is 6.92 Å². The molecular formula is C21H32ClN3O2. The number of hydrogen-bond acceptors (Lipinski definition) is 4. The van der Waals surface area contributed by atoms with Crippen LogP contribution in [0.25, 0.3) is 0 Å². The van der Waals surface area contributed by atoms with Crippen molar-refractivity contribution in [2.45, 2.75) is 70.6 Å². The molecule has 1 aromatic carbocycles. The Bertz CT molecular complexity index is 663. The molecule has 0 saturated heterocycles. The Labute approximate surface area is 168 Å². The second-order valence-electron chi connectivity index (χ2n) is 7.99. The lowest BCUT2D eigenvalue weighted by atomic mass is 9.75. The lowest BCUT2D eigenvalue weighted by molar-refractivity contribution is -0.132. The summed E-state index contributed by atoms with van der Waals surface area (Å²) in [6, 6.07) is 8.29. The molecule has 0 bridgehead atoms. The van der Waals surface area contributed by atoms with Gasteiger partial charge in [0.25, 0.3) is 5.91 Å². The van der Waals surface area contributed by atoms with E-state index < -0.39 is 6.10 Å². The molecule has 0 heterocycles. The monoisotopic (exact) mass is 393 g/mol. The Morgan fingerprint density at radius 2 is 2.04 bits per heavy atom. The summed E-state index contributed by atoms with van der Waals surface area (Å²) in [7, 11) is 4.29. The molecule has 0 spiro atoms. The van der Waals surface area contributed by atoms with Crippen molar-refractivity contribution in [3.8, 4) is 0 Å². The van der Waals surface area contributed by atoms with Gasteiger partial charge in [-0.2, -0.15) is 0 Å². The van der Waals surface area contributed by atoms with Crippen LogP contribution in [0.5, 0.6) is 0 Å². The summed E-state index contributed by atoms with van der Waals surface area (Å²) < 4.78 is 0.